The molecule has 4 rings (SSSR count). The summed E-state index contributed by atoms with van der Waals surface area (Å²) in [6, 6.07) is 13.6. The Balaban J connectivity index is 1.53. The molecule has 1 aliphatic rings. The number of phenols is 1. The molecule has 224 valence electrons. The molecule has 0 saturated carbocycles. The summed E-state index contributed by atoms with van der Waals surface area (Å²) in [7, 11) is 1.45. The maximum Gasteiger partial charge on any atom is 0.243 e. The van der Waals surface area contributed by atoms with Gasteiger partial charge in [0.1, 0.15) is 29.3 Å². The van der Waals surface area contributed by atoms with E-state index in [1.54, 1.807) is 29.9 Å². The zero-order chi connectivity index (χ0) is 30.8. The first kappa shape index (κ1) is 31.2. The Morgan fingerprint density at radius 2 is 1.84 bits per heavy atom. The zero-order valence-corrected chi connectivity index (χ0v) is 24.1. The van der Waals surface area contributed by atoms with Crippen molar-refractivity contribution >= 4 is 11.7 Å². The summed E-state index contributed by atoms with van der Waals surface area (Å²) in [4.78, 5) is 17.8. The molecule has 0 spiro atoms. The molecule has 11 heteroatoms. The molecule has 2 heterocycles. The van der Waals surface area contributed by atoms with Gasteiger partial charge >= 0.3 is 0 Å². The molecule has 0 bridgehead atoms. The van der Waals surface area contributed by atoms with E-state index >= 15 is 0 Å². The fourth-order valence-electron chi connectivity index (χ4n) is 5.41. The van der Waals surface area contributed by atoms with Gasteiger partial charge in [0.15, 0.2) is 11.5 Å². The molecular weight excluding hydrogens is 551 g/mol. The third-order valence-electron chi connectivity index (χ3n) is 7.72. The normalized spacial score (nSPS) is 13.3. The second kappa shape index (κ2) is 15.0. The number of ether oxygens (including phenoxy) is 1. The molecule has 0 unspecified atom stereocenters. The van der Waals surface area contributed by atoms with Crippen LogP contribution in [0.25, 0.3) is 22.3 Å². The van der Waals surface area contributed by atoms with Gasteiger partial charge in [0.05, 0.1) is 12.7 Å². The number of carbonyl (C=O) groups excluding carboxylic acids is 1. The number of unbranched alkanes of at least 4 members (excludes halogenated alkanes) is 3. The first-order valence-corrected chi connectivity index (χ1v) is 14.3. The highest BCUT2D eigenvalue weighted by atomic mass is 19.1. The van der Waals surface area contributed by atoms with E-state index in [2.05, 4.69) is 16.3 Å². The zero-order valence-electron chi connectivity index (χ0n) is 24.1. The lowest BCUT2D eigenvalue weighted by Crippen LogP contribution is -2.43. The lowest BCUT2D eigenvalue weighted by atomic mass is 9.91. The average molecular weight is 587 g/mol. The Bertz CT molecular complexity index is 1530. The number of piperidine rings is 1. The Kier molecular flexibility index (Phi) is 10.9. The number of halogens is 1. The molecule has 43 heavy (non-hydrogen) atoms. The molecule has 0 aliphatic carbocycles. The number of pyridine rings is 1. The second-order valence-electron chi connectivity index (χ2n) is 10.5. The number of nitriles is 2. The van der Waals surface area contributed by atoms with Gasteiger partial charge in [-0.25, -0.2) is 14.9 Å². The first-order chi connectivity index (χ1) is 20.9. The minimum Gasteiger partial charge on any atom is -0.504 e. The number of hydrogen-bond donors (Lipinski definition) is 4. The molecule has 2 aromatic carbocycles. The quantitative estimate of drug-likeness (QED) is 0.130. The van der Waals surface area contributed by atoms with Crippen molar-refractivity contribution in [2.24, 2.45) is 0 Å². The van der Waals surface area contributed by atoms with Crippen LogP contribution in [0.2, 0.25) is 0 Å². The molecule has 4 N–H and O–H groups in total. The van der Waals surface area contributed by atoms with Gasteiger partial charge in [-0.15, -0.1) is 0 Å². The van der Waals surface area contributed by atoms with Gasteiger partial charge in [-0.1, -0.05) is 25.0 Å². The number of benzene rings is 2. The molecular formula is C32H35FN6O4. The minimum absolute atomic E-state index is 0.0804. The smallest absolute Gasteiger partial charge is 0.243 e. The van der Waals surface area contributed by atoms with Crippen LogP contribution in [0.5, 0.6) is 11.5 Å². The van der Waals surface area contributed by atoms with Crippen molar-refractivity contribution in [1.82, 2.24) is 15.8 Å². The molecule has 1 fully saturated rings. The number of aromatic nitrogens is 1. The van der Waals surface area contributed by atoms with Gasteiger partial charge in [0, 0.05) is 42.9 Å². The molecule has 1 amide bonds. The van der Waals surface area contributed by atoms with Crippen molar-refractivity contribution in [1.29, 1.82) is 10.5 Å². The maximum atomic E-state index is 14.8. The molecule has 1 saturated heterocycles. The van der Waals surface area contributed by atoms with Crippen molar-refractivity contribution in [2.75, 3.05) is 31.6 Å². The van der Waals surface area contributed by atoms with E-state index in [0.29, 0.717) is 64.9 Å². The molecule has 0 atom stereocenters. The van der Waals surface area contributed by atoms with E-state index in [1.807, 2.05) is 6.07 Å². The Labute approximate surface area is 250 Å². The van der Waals surface area contributed by atoms with Gasteiger partial charge in [-0.05, 0) is 67.6 Å². The van der Waals surface area contributed by atoms with Crippen LogP contribution < -0.4 is 20.4 Å². The summed E-state index contributed by atoms with van der Waals surface area (Å²) in [6.07, 6.45) is 7.34. The highest BCUT2D eigenvalue weighted by Crippen LogP contribution is 2.41. The molecule has 1 aliphatic heterocycles. The molecule has 3 aromatic rings. The van der Waals surface area contributed by atoms with Crippen LogP contribution >= 0.6 is 0 Å². The number of hydroxylamine groups is 1. The lowest BCUT2D eigenvalue weighted by molar-refractivity contribution is -0.129. The van der Waals surface area contributed by atoms with Crippen molar-refractivity contribution in [2.45, 2.75) is 51.0 Å². The number of aromatic hydroxyl groups is 1. The molecule has 1 aromatic heterocycles. The fraction of sp³-hybridized carbons (Fsp3) is 0.375. The summed E-state index contributed by atoms with van der Waals surface area (Å²) in [6.45, 7) is 2.23. The Morgan fingerprint density at radius 1 is 1.09 bits per heavy atom. The summed E-state index contributed by atoms with van der Waals surface area (Å²) in [5.74, 6) is -0.321. The Morgan fingerprint density at radius 3 is 2.49 bits per heavy atom. The van der Waals surface area contributed by atoms with Crippen LogP contribution in [0.3, 0.4) is 0 Å². The van der Waals surface area contributed by atoms with E-state index < -0.39 is 5.82 Å². The van der Waals surface area contributed by atoms with E-state index in [0.717, 1.165) is 45.1 Å². The van der Waals surface area contributed by atoms with E-state index in [9.17, 15) is 24.8 Å². The van der Waals surface area contributed by atoms with E-state index in [1.165, 1.54) is 25.3 Å². The monoisotopic (exact) mass is 586 g/mol. The van der Waals surface area contributed by atoms with Crippen LogP contribution in [-0.2, 0) is 4.79 Å². The summed E-state index contributed by atoms with van der Waals surface area (Å²) >= 11 is 0. The van der Waals surface area contributed by atoms with E-state index in [4.69, 9.17) is 14.9 Å². The lowest BCUT2D eigenvalue weighted by Gasteiger charge is -2.34. The number of rotatable bonds is 12. The second-order valence-corrected chi connectivity index (χ2v) is 10.5. The third-order valence-corrected chi connectivity index (χ3v) is 7.72. The number of methoxy groups -OCH3 is 1. The number of carbonyl (C=O) groups is 1. The van der Waals surface area contributed by atoms with Gasteiger partial charge < -0.3 is 20.1 Å². The molecule has 10 nitrogen and oxygen atoms in total. The van der Waals surface area contributed by atoms with Crippen molar-refractivity contribution in [3.8, 4) is 45.9 Å². The third kappa shape index (κ3) is 7.58. The standard InChI is InChI=1S/C32H35FN6O4/c1-43-29-10-9-21(17-28(29)40)26-20-37-32(25(19-35)31(26)22-7-8-23(18-34)27(33)16-22)39-14-11-24(12-15-39)36-13-5-3-2-4-6-30(41)38-42/h7-10,16-17,20,24,36,40,42H,2-6,11-15H2,1H3,(H,38,41). The van der Waals surface area contributed by atoms with Crippen molar-refractivity contribution in [3.05, 3.63) is 59.5 Å². The summed E-state index contributed by atoms with van der Waals surface area (Å²) in [5.41, 5.74) is 3.86. The van der Waals surface area contributed by atoms with Gasteiger partial charge in [0.25, 0.3) is 0 Å². The highest BCUT2D eigenvalue weighted by molar-refractivity contribution is 5.90. The van der Waals surface area contributed by atoms with Crippen LogP contribution in [0, 0.1) is 28.5 Å². The van der Waals surface area contributed by atoms with Gasteiger partial charge in [-0.3, -0.25) is 10.0 Å². The number of anilines is 1. The topological polar surface area (TPSA) is 155 Å². The number of nitrogens with one attached hydrogen (secondary N) is 2. The van der Waals surface area contributed by atoms with Crippen molar-refractivity contribution < 1.29 is 24.2 Å². The van der Waals surface area contributed by atoms with E-state index in [-0.39, 0.29) is 17.2 Å². The largest absolute Gasteiger partial charge is 0.504 e. The van der Waals surface area contributed by atoms with Crippen LogP contribution in [0.1, 0.15) is 56.1 Å². The Hall–Kier alpha value is -4.71. The summed E-state index contributed by atoms with van der Waals surface area (Å²) < 4.78 is 20.0. The van der Waals surface area contributed by atoms with Gasteiger partial charge in [0.2, 0.25) is 5.91 Å². The number of amides is 1. The number of hydrogen-bond acceptors (Lipinski definition) is 9. The number of phenolic OH excluding ortho intramolecular Hbond substituents is 1. The fourth-order valence-corrected chi connectivity index (χ4v) is 5.41. The molecule has 0 radical (unpaired) electrons. The SMILES string of the molecule is COc1ccc(-c2cnc(N3CCC(NCCCCCCC(=O)NO)CC3)c(C#N)c2-c2ccc(C#N)c(F)c2)cc1O. The maximum absolute atomic E-state index is 14.8. The van der Waals surface area contributed by atoms with Gasteiger partial charge in [-0.2, -0.15) is 10.5 Å². The highest BCUT2D eigenvalue weighted by Gasteiger charge is 2.26. The average Bonchev–Trinajstić information content (AvgIpc) is 3.03. The number of nitrogens with zero attached hydrogens (tertiary/aromatic N) is 4. The minimum atomic E-state index is -0.687. The van der Waals surface area contributed by atoms with Crippen LogP contribution in [0.4, 0.5) is 10.2 Å². The van der Waals surface area contributed by atoms with Crippen LogP contribution in [-0.4, -0.2) is 54.0 Å². The van der Waals surface area contributed by atoms with Crippen LogP contribution in [0.15, 0.2) is 42.6 Å². The first-order valence-electron chi connectivity index (χ1n) is 14.3. The van der Waals surface area contributed by atoms with Crippen molar-refractivity contribution in [3.63, 3.8) is 0 Å². The predicted octanol–water partition coefficient (Wildman–Crippen LogP) is 5.03. The summed E-state index contributed by atoms with van der Waals surface area (Å²) in [5, 5.41) is 42.2. The predicted molar refractivity (Wildman–Crippen MR) is 159 cm³/mol.